The predicted molar refractivity (Wildman–Crippen MR) is 102 cm³/mol. The topological polar surface area (TPSA) is 119 Å². The Morgan fingerprint density at radius 1 is 1.44 bits per heavy atom. The van der Waals surface area contributed by atoms with Gasteiger partial charge in [0.2, 0.25) is 0 Å². The van der Waals surface area contributed by atoms with Gasteiger partial charge in [-0.2, -0.15) is 5.10 Å². The third kappa shape index (κ3) is 4.68. The lowest BCUT2D eigenvalue weighted by molar-refractivity contribution is 0.117. The lowest BCUT2D eigenvalue weighted by Gasteiger charge is -2.37. The van der Waals surface area contributed by atoms with E-state index in [2.05, 4.69) is 10.4 Å². The number of hydrogen-bond donors (Lipinski definition) is 3. The van der Waals surface area contributed by atoms with Gasteiger partial charge in [-0.15, -0.1) is 0 Å². The molecule has 1 aromatic heterocycles. The highest BCUT2D eigenvalue weighted by molar-refractivity contribution is 7.86. The molecule has 2 amide bonds. The van der Waals surface area contributed by atoms with E-state index in [-0.39, 0.29) is 6.03 Å². The molecule has 8 nitrogen and oxygen atoms in total. The van der Waals surface area contributed by atoms with Gasteiger partial charge in [0.15, 0.2) is 5.00 Å². The first kappa shape index (κ1) is 20.9. The van der Waals surface area contributed by atoms with Crippen molar-refractivity contribution in [3.63, 3.8) is 0 Å². The van der Waals surface area contributed by atoms with Crippen molar-refractivity contribution >= 4 is 16.8 Å². The summed E-state index contributed by atoms with van der Waals surface area (Å²) in [7, 11) is -0.197. The Balaban J connectivity index is 2.00. The molecule has 0 aromatic carbocycles. The van der Waals surface area contributed by atoms with Crippen molar-refractivity contribution in [2.75, 3.05) is 13.1 Å². The van der Waals surface area contributed by atoms with Crippen molar-refractivity contribution in [3.05, 3.63) is 35.9 Å². The molecule has 1 saturated heterocycles. The Morgan fingerprint density at radius 2 is 2.07 bits per heavy atom. The summed E-state index contributed by atoms with van der Waals surface area (Å²) in [4.78, 5) is 13.9. The van der Waals surface area contributed by atoms with Crippen LogP contribution < -0.4 is 16.8 Å². The minimum atomic E-state index is -1.91. The number of likely N-dealkylation sites (tertiary alicyclic amines) is 1. The minimum absolute atomic E-state index is 0.327. The molecular weight excluding hydrogens is 371 g/mol. The lowest BCUT2D eigenvalue weighted by Crippen LogP contribution is -2.48. The highest BCUT2D eigenvalue weighted by atomic mass is 32.2. The monoisotopic (exact) mass is 398 g/mol. The van der Waals surface area contributed by atoms with Gasteiger partial charge in [-0.1, -0.05) is 0 Å². The van der Waals surface area contributed by atoms with Crippen molar-refractivity contribution < 1.29 is 13.4 Å². The number of hydrogen-bond acceptors (Lipinski definition) is 5. The molecule has 10 heteroatoms. The molecule has 0 aliphatic carbocycles. The van der Waals surface area contributed by atoms with Crippen LogP contribution in [-0.4, -0.2) is 43.0 Å². The van der Waals surface area contributed by atoms with Gasteiger partial charge in [0.25, 0.3) is 0 Å². The smallest absolute Gasteiger partial charge is 0.321 e. The van der Waals surface area contributed by atoms with E-state index in [4.69, 9.17) is 11.5 Å². The van der Waals surface area contributed by atoms with Crippen LogP contribution in [0.4, 0.5) is 9.18 Å². The summed E-state index contributed by atoms with van der Waals surface area (Å²) in [6.45, 7) is 3.87. The second-order valence-electron chi connectivity index (χ2n) is 6.67. The van der Waals surface area contributed by atoms with Gasteiger partial charge >= 0.3 is 6.03 Å². The predicted octanol–water partition coefficient (Wildman–Crippen LogP) is 1.22. The number of aromatic nitrogens is 2. The first-order valence-electron chi connectivity index (χ1n) is 8.68. The average molecular weight is 399 g/mol. The zero-order valence-corrected chi connectivity index (χ0v) is 16.6. The van der Waals surface area contributed by atoms with E-state index in [1.807, 2.05) is 0 Å². The maximum atomic E-state index is 15.4. The number of carbonyl (C=O) groups excluding carboxylic acids is 1. The van der Waals surface area contributed by atoms with Crippen LogP contribution in [0.15, 0.2) is 35.3 Å². The van der Waals surface area contributed by atoms with E-state index in [1.54, 1.807) is 24.9 Å². The summed E-state index contributed by atoms with van der Waals surface area (Å²) in [6, 6.07) is 1.31. The normalized spacial score (nSPS) is 19.9. The number of aryl methyl sites for hydroxylation is 2. The van der Waals surface area contributed by atoms with Crippen LogP contribution in [0.2, 0.25) is 0 Å². The SMILES string of the molecule is Cc1cc(S(=O)C(C)(F)C2CCN(C(=O)NC(/C=C\N)=C/N)CC2)n(C)n1. The fraction of sp³-hybridized carbons (Fsp3) is 0.529. The van der Waals surface area contributed by atoms with Crippen molar-refractivity contribution in [1.82, 2.24) is 20.0 Å². The zero-order valence-electron chi connectivity index (χ0n) is 15.8. The third-order valence-corrected chi connectivity index (χ3v) is 6.55. The summed E-state index contributed by atoms with van der Waals surface area (Å²) < 4.78 is 29.7. The van der Waals surface area contributed by atoms with Crippen LogP contribution in [0.25, 0.3) is 0 Å². The van der Waals surface area contributed by atoms with E-state index in [1.165, 1.54) is 30.1 Å². The average Bonchev–Trinajstić information content (AvgIpc) is 2.98. The summed E-state index contributed by atoms with van der Waals surface area (Å²) >= 11 is 0. The molecule has 0 radical (unpaired) electrons. The van der Waals surface area contributed by atoms with E-state index in [0.29, 0.717) is 42.3 Å². The highest BCUT2D eigenvalue weighted by Gasteiger charge is 2.44. The molecule has 1 aliphatic heterocycles. The van der Waals surface area contributed by atoms with Crippen LogP contribution in [-0.2, 0) is 17.8 Å². The maximum absolute atomic E-state index is 15.4. The van der Waals surface area contributed by atoms with Gasteiger partial charge in [-0.25, -0.2) is 13.4 Å². The second-order valence-corrected chi connectivity index (χ2v) is 8.43. The Hall–Kier alpha value is -2.36. The van der Waals surface area contributed by atoms with Crippen LogP contribution in [0.1, 0.15) is 25.5 Å². The van der Waals surface area contributed by atoms with Crippen LogP contribution in [0.3, 0.4) is 0 Å². The van der Waals surface area contributed by atoms with Crippen LogP contribution in [0.5, 0.6) is 0 Å². The minimum Gasteiger partial charge on any atom is -0.405 e. The Morgan fingerprint density at radius 3 is 2.56 bits per heavy atom. The van der Waals surface area contributed by atoms with Crippen molar-refractivity contribution in [3.8, 4) is 0 Å². The maximum Gasteiger partial charge on any atom is 0.321 e. The highest BCUT2D eigenvalue weighted by Crippen LogP contribution is 2.37. The molecule has 2 heterocycles. The summed E-state index contributed by atoms with van der Waals surface area (Å²) in [6.07, 6.45) is 4.82. The van der Waals surface area contributed by atoms with Crippen LogP contribution >= 0.6 is 0 Å². The standard InChI is InChI=1S/C17H27FN6O2S/c1-12-10-15(23(3)22-12)27(26)17(2,18)13-5-8-24(9-6-13)16(25)21-14(11-20)4-7-19/h4,7,10-11,13H,5-6,8-9,19-20H2,1-3H3,(H,21,25)/b7-4-,14-11+. The number of urea groups is 1. The molecule has 1 aromatic rings. The van der Waals surface area contributed by atoms with Crippen molar-refractivity contribution in [2.45, 2.75) is 36.7 Å². The largest absolute Gasteiger partial charge is 0.405 e. The van der Waals surface area contributed by atoms with Crippen molar-refractivity contribution in [2.24, 2.45) is 24.4 Å². The molecule has 5 N–H and O–H groups in total. The fourth-order valence-corrected chi connectivity index (χ4v) is 4.67. The number of piperidine rings is 1. The number of amides is 2. The van der Waals surface area contributed by atoms with Crippen molar-refractivity contribution in [1.29, 1.82) is 0 Å². The summed E-state index contributed by atoms with van der Waals surface area (Å²) in [5.41, 5.74) is 11.8. The molecule has 1 aliphatic rings. The number of nitrogens with two attached hydrogens (primary N) is 2. The molecule has 2 unspecified atom stereocenters. The van der Waals surface area contributed by atoms with Gasteiger partial charge in [0, 0.05) is 32.3 Å². The van der Waals surface area contributed by atoms with E-state index in [9.17, 15) is 9.00 Å². The van der Waals surface area contributed by atoms with E-state index >= 15 is 4.39 Å². The van der Waals surface area contributed by atoms with E-state index < -0.39 is 21.7 Å². The second kappa shape index (κ2) is 8.55. The molecule has 27 heavy (non-hydrogen) atoms. The first-order chi connectivity index (χ1) is 12.7. The number of halogens is 1. The van der Waals surface area contributed by atoms with Gasteiger partial charge in [-0.3, -0.25) is 4.68 Å². The Labute approximate surface area is 160 Å². The molecule has 150 valence electrons. The van der Waals surface area contributed by atoms with Crippen LogP contribution in [0, 0.1) is 12.8 Å². The quantitative estimate of drug-likeness (QED) is 0.644. The number of rotatable bonds is 5. The fourth-order valence-electron chi connectivity index (χ4n) is 3.16. The van der Waals surface area contributed by atoms with Gasteiger partial charge in [0.1, 0.15) is 15.8 Å². The van der Waals surface area contributed by atoms with Gasteiger partial charge in [-0.05, 0) is 45.0 Å². The lowest BCUT2D eigenvalue weighted by atomic mass is 9.92. The number of nitrogens with one attached hydrogen (secondary N) is 1. The number of alkyl halides is 1. The number of carbonyl (C=O) groups is 1. The molecule has 0 saturated carbocycles. The van der Waals surface area contributed by atoms with E-state index in [0.717, 1.165) is 0 Å². The molecule has 1 fully saturated rings. The molecule has 0 spiro atoms. The Kier molecular flexibility index (Phi) is 6.63. The molecule has 2 rings (SSSR count). The third-order valence-electron chi connectivity index (χ3n) is 4.73. The molecule has 0 bridgehead atoms. The van der Waals surface area contributed by atoms with Gasteiger partial charge in [0.05, 0.1) is 11.4 Å². The molecule has 2 atom stereocenters. The number of nitrogens with zero attached hydrogens (tertiary/aromatic N) is 3. The number of allylic oxidation sites excluding steroid dienone is 1. The zero-order chi connectivity index (χ0) is 20.2. The Bertz CT molecular complexity index is 765. The first-order valence-corrected chi connectivity index (χ1v) is 9.83. The molecular formula is C17H27FN6O2S. The summed E-state index contributed by atoms with van der Waals surface area (Å²) in [5, 5.41) is 5.24. The summed E-state index contributed by atoms with van der Waals surface area (Å²) in [5.74, 6) is -0.425. The van der Waals surface area contributed by atoms with Gasteiger partial charge < -0.3 is 21.7 Å².